The van der Waals surface area contributed by atoms with E-state index in [1.54, 1.807) is 19.2 Å². The summed E-state index contributed by atoms with van der Waals surface area (Å²) in [5, 5.41) is 5.50. The van der Waals surface area contributed by atoms with Crippen molar-refractivity contribution in [2.45, 2.75) is 0 Å². The van der Waals surface area contributed by atoms with Crippen molar-refractivity contribution in [3.8, 4) is 5.75 Å². The molecular formula is C18H13FN4O2. The molecule has 2 aromatic carbocycles. The molecule has 0 aliphatic rings. The molecule has 0 fully saturated rings. The Hall–Kier alpha value is -3.48. The molecule has 4 aromatic rings. The minimum atomic E-state index is -0.429. The number of fused-ring (bicyclic) bond motifs is 2. The van der Waals surface area contributed by atoms with E-state index in [1.165, 1.54) is 24.3 Å². The summed E-state index contributed by atoms with van der Waals surface area (Å²) in [6.45, 7) is 0. The van der Waals surface area contributed by atoms with E-state index in [-0.39, 0.29) is 5.82 Å². The summed E-state index contributed by atoms with van der Waals surface area (Å²) in [7, 11) is 1.58. The normalized spacial score (nSPS) is 11.1. The van der Waals surface area contributed by atoms with Gasteiger partial charge >= 0.3 is 0 Å². The van der Waals surface area contributed by atoms with Crippen LogP contribution in [0.3, 0.4) is 0 Å². The second-order valence-electron chi connectivity index (χ2n) is 5.53. The summed E-state index contributed by atoms with van der Waals surface area (Å²) >= 11 is 0. The highest BCUT2D eigenvalue weighted by molar-refractivity contribution is 6.05. The zero-order chi connectivity index (χ0) is 17.6. The first-order valence-electron chi connectivity index (χ1n) is 7.50. The molecule has 124 valence electrons. The maximum atomic E-state index is 13.1. The van der Waals surface area contributed by atoms with Gasteiger partial charge in [0.2, 0.25) is 0 Å². The van der Waals surface area contributed by atoms with Crippen molar-refractivity contribution in [3.05, 3.63) is 59.9 Å². The van der Waals surface area contributed by atoms with Crippen LogP contribution in [0.1, 0.15) is 10.4 Å². The number of anilines is 1. The van der Waals surface area contributed by atoms with Crippen LogP contribution in [0.2, 0.25) is 0 Å². The van der Waals surface area contributed by atoms with Crippen LogP contribution < -0.4 is 10.5 Å². The molecule has 2 heterocycles. The number of nitrogens with two attached hydrogens (primary N) is 1. The second-order valence-corrected chi connectivity index (χ2v) is 5.53. The molecule has 2 N–H and O–H groups in total. The zero-order valence-electron chi connectivity index (χ0n) is 13.2. The smallest absolute Gasteiger partial charge is 0.280 e. The van der Waals surface area contributed by atoms with E-state index in [1.807, 2.05) is 12.1 Å². The van der Waals surface area contributed by atoms with Crippen LogP contribution in [0.25, 0.3) is 21.9 Å². The number of pyridine rings is 1. The molecule has 0 spiro atoms. The number of rotatable bonds is 2. The summed E-state index contributed by atoms with van der Waals surface area (Å²) < 4.78 is 19.4. The number of hydrogen-bond donors (Lipinski definition) is 1. The van der Waals surface area contributed by atoms with E-state index in [0.29, 0.717) is 27.9 Å². The lowest BCUT2D eigenvalue weighted by molar-refractivity contribution is 0.0950. The first-order chi connectivity index (χ1) is 12.1. The molecule has 0 atom stereocenters. The third kappa shape index (κ3) is 2.46. The van der Waals surface area contributed by atoms with Crippen molar-refractivity contribution in [1.29, 1.82) is 0 Å². The molecule has 6 nitrogen and oxygen atoms in total. The lowest BCUT2D eigenvalue weighted by atomic mass is 10.1. The number of methoxy groups -OCH3 is 1. The fraction of sp³-hybridized carbons (Fsp3) is 0.0556. The van der Waals surface area contributed by atoms with Crippen molar-refractivity contribution in [1.82, 2.24) is 14.8 Å². The van der Waals surface area contributed by atoms with E-state index in [4.69, 9.17) is 10.5 Å². The summed E-state index contributed by atoms with van der Waals surface area (Å²) in [5.41, 5.74) is 7.29. The van der Waals surface area contributed by atoms with Crippen LogP contribution in [-0.2, 0) is 0 Å². The summed E-state index contributed by atoms with van der Waals surface area (Å²) in [5.74, 6) is 0.0474. The summed E-state index contributed by atoms with van der Waals surface area (Å²) in [4.78, 5) is 17.2. The Morgan fingerprint density at radius 2 is 1.92 bits per heavy atom. The Morgan fingerprint density at radius 1 is 1.16 bits per heavy atom. The average molecular weight is 336 g/mol. The van der Waals surface area contributed by atoms with Gasteiger partial charge in [0.05, 0.1) is 18.0 Å². The van der Waals surface area contributed by atoms with E-state index >= 15 is 0 Å². The largest absolute Gasteiger partial charge is 0.497 e. The van der Waals surface area contributed by atoms with E-state index in [9.17, 15) is 9.18 Å². The third-order valence-electron chi connectivity index (χ3n) is 3.97. The maximum absolute atomic E-state index is 13.1. The van der Waals surface area contributed by atoms with Gasteiger partial charge in [0.1, 0.15) is 11.6 Å². The fourth-order valence-electron chi connectivity index (χ4n) is 2.69. The predicted molar refractivity (Wildman–Crippen MR) is 92.1 cm³/mol. The van der Waals surface area contributed by atoms with Crippen LogP contribution in [0.4, 0.5) is 10.2 Å². The van der Waals surface area contributed by atoms with Gasteiger partial charge < -0.3 is 10.5 Å². The number of halogens is 1. The van der Waals surface area contributed by atoms with E-state index in [0.717, 1.165) is 10.1 Å². The molecule has 0 unspecified atom stereocenters. The van der Waals surface area contributed by atoms with Crippen molar-refractivity contribution >= 4 is 33.7 Å². The Morgan fingerprint density at radius 3 is 2.64 bits per heavy atom. The Labute approximate surface area is 141 Å². The van der Waals surface area contributed by atoms with Gasteiger partial charge in [-0.2, -0.15) is 4.68 Å². The van der Waals surface area contributed by atoms with Crippen LogP contribution in [0.5, 0.6) is 5.75 Å². The molecule has 0 aliphatic heterocycles. The SMILES string of the molecule is COc1ccc2nc3c(cc2c1)c(N)nn3C(=O)c1ccc(F)cc1. The number of nitrogens with zero attached hydrogens (tertiary/aromatic N) is 3. The van der Waals surface area contributed by atoms with Crippen molar-refractivity contribution < 1.29 is 13.9 Å². The molecule has 4 rings (SSSR count). The molecule has 0 saturated carbocycles. The monoisotopic (exact) mass is 336 g/mol. The number of carbonyl (C=O) groups is 1. The third-order valence-corrected chi connectivity index (χ3v) is 3.97. The summed E-state index contributed by atoms with van der Waals surface area (Å²) in [6.07, 6.45) is 0. The van der Waals surface area contributed by atoms with Crippen LogP contribution >= 0.6 is 0 Å². The number of aromatic nitrogens is 3. The van der Waals surface area contributed by atoms with E-state index < -0.39 is 11.7 Å². The first kappa shape index (κ1) is 15.1. The van der Waals surface area contributed by atoms with Crippen molar-refractivity contribution in [2.75, 3.05) is 12.8 Å². The van der Waals surface area contributed by atoms with Crippen LogP contribution in [0.15, 0.2) is 48.5 Å². The van der Waals surface area contributed by atoms with Gasteiger partial charge in [-0.15, -0.1) is 5.10 Å². The standard InChI is InChI=1S/C18H13FN4O2/c1-25-13-6-7-15-11(8-13)9-14-16(20)22-23(17(14)21-15)18(24)10-2-4-12(19)5-3-10/h2-9H,1H3,(H2,20,22). The van der Waals surface area contributed by atoms with Gasteiger partial charge in [-0.05, 0) is 48.5 Å². The fourth-order valence-corrected chi connectivity index (χ4v) is 2.69. The molecule has 0 bridgehead atoms. The number of ether oxygens (including phenoxy) is 1. The second kappa shape index (κ2) is 5.55. The molecule has 2 aromatic heterocycles. The molecule has 0 saturated heterocycles. The minimum absolute atomic E-state index is 0.197. The average Bonchev–Trinajstić information content (AvgIpc) is 2.95. The van der Waals surface area contributed by atoms with Gasteiger partial charge in [0.15, 0.2) is 11.5 Å². The highest BCUT2D eigenvalue weighted by Gasteiger charge is 2.18. The summed E-state index contributed by atoms with van der Waals surface area (Å²) in [6, 6.07) is 12.5. The molecule has 0 radical (unpaired) electrons. The van der Waals surface area contributed by atoms with Crippen LogP contribution in [0, 0.1) is 5.82 Å². The predicted octanol–water partition coefficient (Wildman–Crippen LogP) is 3.00. The maximum Gasteiger partial charge on any atom is 0.280 e. The number of nitrogen functional groups attached to an aromatic ring is 1. The van der Waals surface area contributed by atoms with Gasteiger partial charge in [-0.3, -0.25) is 4.79 Å². The first-order valence-corrected chi connectivity index (χ1v) is 7.50. The molecule has 0 amide bonds. The van der Waals surface area contributed by atoms with Gasteiger partial charge in [0, 0.05) is 10.9 Å². The number of carbonyl (C=O) groups excluding carboxylic acids is 1. The number of benzene rings is 2. The lowest BCUT2D eigenvalue weighted by Crippen LogP contribution is -2.14. The highest BCUT2D eigenvalue weighted by Crippen LogP contribution is 2.27. The van der Waals surface area contributed by atoms with Crippen molar-refractivity contribution in [2.24, 2.45) is 0 Å². The Kier molecular flexibility index (Phi) is 3.35. The minimum Gasteiger partial charge on any atom is -0.497 e. The Balaban J connectivity index is 1.91. The molecule has 0 aliphatic carbocycles. The van der Waals surface area contributed by atoms with E-state index in [2.05, 4.69) is 10.1 Å². The molecule has 7 heteroatoms. The lowest BCUT2D eigenvalue weighted by Gasteiger charge is -2.04. The molecule has 25 heavy (non-hydrogen) atoms. The molecular weight excluding hydrogens is 323 g/mol. The van der Waals surface area contributed by atoms with Gasteiger partial charge in [-0.25, -0.2) is 9.37 Å². The Bertz CT molecular complexity index is 1120. The van der Waals surface area contributed by atoms with Crippen molar-refractivity contribution in [3.63, 3.8) is 0 Å². The zero-order valence-corrected chi connectivity index (χ0v) is 13.2. The quantitative estimate of drug-likeness (QED) is 0.608. The number of hydrogen-bond acceptors (Lipinski definition) is 5. The van der Waals surface area contributed by atoms with Gasteiger partial charge in [0.25, 0.3) is 5.91 Å². The van der Waals surface area contributed by atoms with Crippen LogP contribution in [-0.4, -0.2) is 27.8 Å². The topological polar surface area (TPSA) is 83.0 Å². The highest BCUT2D eigenvalue weighted by atomic mass is 19.1. The van der Waals surface area contributed by atoms with Gasteiger partial charge in [-0.1, -0.05) is 0 Å².